The number of hydrogen-bond donors (Lipinski definition) is 2. The molecule has 0 aliphatic heterocycles. The monoisotopic (exact) mass is 283 g/mol. The van der Waals surface area contributed by atoms with Crippen molar-refractivity contribution >= 4 is 5.97 Å². The largest absolute Gasteiger partial charge is 0.493 e. The van der Waals surface area contributed by atoms with E-state index in [4.69, 9.17) is 4.74 Å². The van der Waals surface area contributed by atoms with Crippen LogP contribution in [0.3, 0.4) is 0 Å². The third-order valence-corrected chi connectivity index (χ3v) is 3.23. The number of carboxylic acid groups (broad SMARTS) is 1. The SMILES string of the molecule is CCCNC(C)(CCOc1ccc(F)cc1C)C(=O)O. The Hall–Kier alpha value is -1.62. The van der Waals surface area contributed by atoms with Gasteiger partial charge in [0.05, 0.1) is 6.61 Å². The lowest BCUT2D eigenvalue weighted by atomic mass is 9.98. The van der Waals surface area contributed by atoms with E-state index in [0.717, 1.165) is 6.42 Å². The predicted molar refractivity (Wildman–Crippen MR) is 75.6 cm³/mol. The van der Waals surface area contributed by atoms with E-state index in [9.17, 15) is 14.3 Å². The summed E-state index contributed by atoms with van der Waals surface area (Å²) in [5.41, 5.74) is -0.312. The molecular weight excluding hydrogens is 261 g/mol. The Morgan fingerprint density at radius 1 is 1.50 bits per heavy atom. The van der Waals surface area contributed by atoms with Gasteiger partial charge < -0.3 is 15.2 Å². The zero-order valence-electron chi connectivity index (χ0n) is 12.2. The molecular formula is C15H22FNO3. The summed E-state index contributed by atoms with van der Waals surface area (Å²) in [5, 5.41) is 12.3. The zero-order chi connectivity index (χ0) is 15.2. The number of aliphatic carboxylic acids is 1. The minimum atomic E-state index is -1.01. The number of rotatable bonds is 8. The first-order valence-corrected chi connectivity index (χ1v) is 6.76. The van der Waals surface area contributed by atoms with Crippen LogP contribution in [0.2, 0.25) is 0 Å². The lowest BCUT2D eigenvalue weighted by Gasteiger charge is -2.26. The lowest BCUT2D eigenvalue weighted by Crippen LogP contribution is -2.50. The van der Waals surface area contributed by atoms with Crippen LogP contribution in [0.25, 0.3) is 0 Å². The van der Waals surface area contributed by atoms with Gasteiger partial charge in [-0.1, -0.05) is 6.92 Å². The van der Waals surface area contributed by atoms with Crippen molar-refractivity contribution in [2.75, 3.05) is 13.2 Å². The van der Waals surface area contributed by atoms with Gasteiger partial charge >= 0.3 is 5.97 Å². The van der Waals surface area contributed by atoms with Crippen molar-refractivity contribution in [2.24, 2.45) is 0 Å². The van der Waals surface area contributed by atoms with E-state index in [-0.39, 0.29) is 12.4 Å². The first-order valence-electron chi connectivity index (χ1n) is 6.76. The third kappa shape index (κ3) is 4.49. The maximum Gasteiger partial charge on any atom is 0.323 e. The molecule has 1 rings (SSSR count). The van der Waals surface area contributed by atoms with Crippen LogP contribution in [0, 0.1) is 12.7 Å². The van der Waals surface area contributed by atoms with Crippen molar-refractivity contribution < 1.29 is 19.0 Å². The Morgan fingerprint density at radius 2 is 2.20 bits per heavy atom. The predicted octanol–water partition coefficient (Wildman–Crippen LogP) is 2.75. The summed E-state index contributed by atoms with van der Waals surface area (Å²) in [6.07, 6.45) is 1.19. The highest BCUT2D eigenvalue weighted by Gasteiger charge is 2.32. The molecule has 1 unspecified atom stereocenters. The van der Waals surface area contributed by atoms with Gasteiger partial charge in [0.1, 0.15) is 17.1 Å². The number of hydrogen-bond acceptors (Lipinski definition) is 3. The molecule has 1 aromatic rings. The van der Waals surface area contributed by atoms with Crippen LogP contribution >= 0.6 is 0 Å². The molecule has 0 aromatic heterocycles. The summed E-state index contributed by atoms with van der Waals surface area (Å²) >= 11 is 0. The summed E-state index contributed by atoms with van der Waals surface area (Å²) in [7, 11) is 0. The molecule has 0 saturated carbocycles. The van der Waals surface area contributed by atoms with E-state index < -0.39 is 11.5 Å². The molecule has 0 fully saturated rings. The summed E-state index contributed by atoms with van der Waals surface area (Å²) in [4.78, 5) is 11.3. The maximum absolute atomic E-state index is 13.0. The van der Waals surface area contributed by atoms with Crippen molar-refractivity contribution in [3.8, 4) is 5.75 Å². The van der Waals surface area contributed by atoms with E-state index in [1.165, 1.54) is 12.1 Å². The van der Waals surface area contributed by atoms with Gasteiger partial charge in [0, 0.05) is 6.42 Å². The van der Waals surface area contributed by atoms with Crippen molar-refractivity contribution in [1.82, 2.24) is 5.32 Å². The highest BCUT2D eigenvalue weighted by atomic mass is 19.1. The molecule has 0 heterocycles. The van der Waals surface area contributed by atoms with Crippen LogP contribution in [-0.2, 0) is 4.79 Å². The van der Waals surface area contributed by atoms with Crippen LogP contribution in [0.4, 0.5) is 4.39 Å². The van der Waals surface area contributed by atoms with Crippen molar-refractivity contribution in [1.29, 1.82) is 0 Å². The smallest absolute Gasteiger partial charge is 0.323 e. The second-order valence-corrected chi connectivity index (χ2v) is 5.07. The minimum absolute atomic E-state index is 0.256. The number of aryl methyl sites for hydroxylation is 1. The topological polar surface area (TPSA) is 58.6 Å². The van der Waals surface area contributed by atoms with Gasteiger partial charge in [-0.05, 0) is 50.6 Å². The van der Waals surface area contributed by atoms with Crippen LogP contribution in [0.5, 0.6) is 5.75 Å². The molecule has 0 saturated heterocycles. The number of halogens is 1. The second-order valence-electron chi connectivity index (χ2n) is 5.07. The molecule has 0 radical (unpaired) electrons. The molecule has 0 amide bonds. The Kier molecular flexibility index (Phi) is 5.95. The molecule has 20 heavy (non-hydrogen) atoms. The number of benzene rings is 1. The highest BCUT2D eigenvalue weighted by Crippen LogP contribution is 2.19. The van der Waals surface area contributed by atoms with E-state index >= 15 is 0 Å². The maximum atomic E-state index is 13.0. The molecule has 1 aromatic carbocycles. The Morgan fingerprint density at radius 3 is 2.75 bits per heavy atom. The molecule has 0 bridgehead atoms. The van der Waals surface area contributed by atoms with Crippen molar-refractivity contribution in [3.63, 3.8) is 0 Å². The van der Waals surface area contributed by atoms with Crippen molar-refractivity contribution in [2.45, 2.75) is 39.2 Å². The van der Waals surface area contributed by atoms with E-state index in [1.54, 1.807) is 19.9 Å². The summed E-state index contributed by atoms with van der Waals surface area (Å²) in [6.45, 7) is 6.27. The van der Waals surface area contributed by atoms with Gasteiger partial charge in [-0.2, -0.15) is 0 Å². The van der Waals surface area contributed by atoms with E-state index in [0.29, 0.717) is 24.3 Å². The molecule has 2 N–H and O–H groups in total. The molecule has 1 atom stereocenters. The first-order chi connectivity index (χ1) is 9.39. The van der Waals surface area contributed by atoms with Gasteiger partial charge in [-0.25, -0.2) is 4.39 Å². The van der Waals surface area contributed by atoms with Crippen LogP contribution in [-0.4, -0.2) is 29.8 Å². The molecule has 4 nitrogen and oxygen atoms in total. The fourth-order valence-electron chi connectivity index (χ4n) is 1.81. The van der Waals surface area contributed by atoms with Crippen LogP contribution < -0.4 is 10.1 Å². The number of carbonyl (C=O) groups is 1. The van der Waals surface area contributed by atoms with E-state index in [1.807, 2.05) is 6.92 Å². The number of carboxylic acids is 1. The normalized spacial score (nSPS) is 13.8. The fraction of sp³-hybridized carbons (Fsp3) is 0.533. The fourth-order valence-corrected chi connectivity index (χ4v) is 1.81. The molecule has 0 aliphatic carbocycles. The van der Waals surface area contributed by atoms with E-state index in [2.05, 4.69) is 5.32 Å². The highest BCUT2D eigenvalue weighted by molar-refractivity contribution is 5.78. The summed E-state index contributed by atoms with van der Waals surface area (Å²) in [5.74, 6) is -0.630. The van der Waals surface area contributed by atoms with Gasteiger partial charge in [0.2, 0.25) is 0 Å². The standard InChI is InChI=1S/C15H22FNO3/c1-4-8-17-15(3,14(18)19)7-9-20-13-6-5-12(16)10-11(13)2/h5-6,10,17H,4,7-9H2,1-3H3,(H,18,19). The summed E-state index contributed by atoms with van der Waals surface area (Å²) in [6, 6.07) is 4.28. The third-order valence-electron chi connectivity index (χ3n) is 3.23. The second kappa shape index (κ2) is 7.24. The van der Waals surface area contributed by atoms with Gasteiger partial charge in [-0.3, -0.25) is 4.79 Å². The quantitative estimate of drug-likeness (QED) is 0.770. The number of nitrogens with one attached hydrogen (secondary N) is 1. The Labute approximate surface area is 119 Å². The first kappa shape index (κ1) is 16.4. The summed E-state index contributed by atoms with van der Waals surface area (Å²) < 4.78 is 18.5. The average molecular weight is 283 g/mol. The Balaban J connectivity index is 2.58. The number of ether oxygens (including phenoxy) is 1. The van der Waals surface area contributed by atoms with Crippen molar-refractivity contribution in [3.05, 3.63) is 29.6 Å². The molecule has 5 heteroatoms. The lowest BCUT2D eigenvalue weighted by molar-refractivity contribution is -0.144. The molecule has 0 aliphatic rings. The average Bonchev–Trinajstić information content (AvgIpc) is 2.38. The van der Waals surface area contributed by atoms with Gasteiger partial charge in [0.25, 0.3) is 0 Å². The van der Waals surface area contributed by atoms with Crippen LogP contribution in [0.15, 0.2) is 18.2 Å². The molecule has 0 spiro atoms. The van der Waals surface area contributed by atoms with Gasteiger partial charge in [0.15, 0.2) is 0 Å². The van der Waals surface area contributed by atoms with Gasteiger partial charge in [-0.15, -0.1) is 0 Å². The Bertz CT molecular complexity index is 464. The van der Waals surface area contributed by atoms with Crippen LogP contribution in [0.1, 0.15) is 32.3 Å². The zero-order valence-corrected chi connectivity index (χ0v) is 12.2. The minimum Gasteiger partial charge on any atom is -0.493 e. The molecule has 112 valence electrons.